The van der Waals surface area contributed by atoms with E-state index in [1.165, 1.54) is 0 Å². The standard InChI is InChI=1S/C19H20N2O3/c1-19(2,3)18-21-14-11-13(9-10-15(14)24-18)20-17(23)16(22)12-7-5-4-6-8-12/h4-11,16,22H,1-3H3,(H,20,23). The van der Waals surface area contributed by atoms with E-state index in [-0.39, 0.29) is 5.41 Å². The highest BCUT2D eigenvalue weighted by molar-refractivity contribution is 5.96. The average molecular weight is 324 g/mol. The van der Waals surface area contributed by atoms with Gasteiger partial charge in [-0.3, -0.25) is 4.79 Å². The zero-order valence-electron chi connectivity index (χ0n) is 13.9. The van der Waals surface area contributed by atoms with Gasteiger partial charge in [-0.15, -0.1) is 0 Å². The SMILES string of the molecule is CC(C)(C)c1nc2cc(NC(=O)C(O)c3ccccc3)ccc2o1. The van der Waals surface area contributed by atoms with E-state index in [9.17, 15) is 9.90 Å². The summed E-state index contributed by atoms with van der Waals surface area (Å²) in [7, 11) is 0. The van der Waals surface area contributed by atoms with Gasteiger partial charge in [0.2, 0.25) is 5.89 Å². The molecule has 0 aliphatic heterocycles. The third-order valence-corrected chi connectivity index (χ3v) is 3.66. The summed E-state index contributed by atoms with van der Waals surface area (Å²) in [6.07, 6.45) is -1.22. The number of carbonyl (C=O) groups excluding carboxylic acids is 1. The molecule has 3 aromatic rings. The Morgan fingerprint density at radius 2 is 1.88 bits per heavy atom. The molecule has 5 heteroatoms. The number of carbonyl (C=O) groups is 1. The number of aliphatic hydroxyl groups excluding tert-OH is 1. The maximum absolute atomic E-state index is 12.2. The molecule has 5 nitrogen and oxygen atoms in total. The van der Waals surface area contributed by atoms with Crippen molar-refractivity contribution in [1.82, 2.24) is 4.98 Å². The lowest BCUT2D eigenvalue weighted by Crippen LogP contribution is -2.20. The average Bonchev–Trinajstić information content (AvgIpc) is 2.98. The Hall–Kier alpha value is -2.66. The molecule has 2 aromatic carbocycles. The lowest BCUT2D eigenvalue weighted by Gasteiger charge is -2.11. The van der Waals surface area contributed by atoms with E-state index in [1.54, 1.807) is 42.5 Å². The van der Waals surface area contributed by atoms with Crippen molar-refractivity contribution in [2.75, 3.05) is 5.32 Å². The first-order chi connectivity index (χ1) is 11.3. The van der Waals surface area contributed by atoms with Gasteiger partial charge in [0, 0.05) is 11.1 Å². The van der Waals surface area contributed by atoms with Gasteiger partial charge in [0.05, 0.1) is 0 Å². The van der Waals surface area contributed by atoms with Crippen LogP contribution in [0.25, 0.3) is 11.1 Å². The van der Waals surface area contributed by atoms with Gasteiger partial charge < -0.3 is 14.8 Å². The molecular weight excluding hydrogens is 304 g/mol. The number of nitrogens with zero attached hydrogens (tertiary/aromatic N) is 1. The van der Waals surface area contributed by atoms with Crippen LogP contribution in [0.4, 0.5) is 5.69 Å². The highest BCUT2D eigenvalue weighted by Crippen LogP contribution is 2.27. The van der Waals surface area contributed by atoms with Crippen LogP contribution in [0.5, 0.6) is 0 Å². The zero-order valence-corrected chi connectivity index (χ0v) is 13.9. The van der Waals surface area contributed by atoms with E-state index in [1.807, 2.05) is 26.8 Å². The number of hydrogen-bond donors (Lipinski definition) is 2. The van der Waals surface area contributed by atoms with Crippen LogP contribution in [0.1, 0.15) is 38.3 Å². The van der Waals surface area contributed by atoms with Crippen LogP contribution in [0.2, 0.25) is 0 Å². The summed E-state index contributed by atoms with van der Waals surface area (Å²) >= 11 is 0. The Bertz CT molecular complexity index is 863. The monoisotopic (exact) mass is 324 g/mol. The molecule has 1 amide bonds. The van der Waals surface area contributed by atoms with E-state index in [4.69, 9.17) is 4.42 Å². The molecule has 0 aliphatic rings. The molecule has 24 heavy (non-hydrogen) atoms. The highest BCUT2D eigenvalue weighted by Gasteiger charge is 2.21. The Labute approximate surface area is 140 Å². The molecule has 0 saturated carbocycles. The number of nitrogens with one attached hydrogen (secondary N) is 1. The van der Waals surface area contributed by atoms with Crippen molar-refractivity contribution < 1.29 is 14.3 Å². The first kappa shape index (κ1) is 16.2. The highest BCUT2D eigenvalue weighted by atomic mass is 16.3. The van der Waals surface area contributed by atoms with Crippen LogP contribution in [0, 0.1) is 0 Å². The van der Waals surface area contributed by atoms with Gasteiger partial charge in [-0.1, -0.05) is 51.1 Å². The first-order valence-electron chi connectivity index (χ1n) is 7.79. The molecule has 0 spiro atoms. The summed E-state index contributed by atoms with van der Waals surface area (Å²) in [6.45, 7) is 6.07. The normalized spacial score (nSPS) is 13.0. The van der Waals surface area contributed by atoms with E-state index in [0.29, 0.717) is 28.2 Å². The molecule has 1 heterocycles. The molecule has 0 bridgehead atoms. The van der Waals surface area contributed by atoms with Crippen molar-refractivity contribution >= 4 is 22.7 Å². The summed E-state index contributed by atoms with van der Waals surface area (Å²) in [5.41, 5.74) is 2.27. The van der Waals surface area contributed by atoms with E-state index in [2.05, 4.69) is 10.3 Å². The number of aliphatic hydroxyl groups is 1. The molecule has 1 aromatic heterocycles. The molecule has 3 rings (SSSR count). The Morgan fingerprint density at radius 1 is 1.17 bits per heavy atom. The number of fused-ring (bicyclic) bond motifs is 1. The molecule has 0 fully saturated rings. The molecule has 1 atom stereocenters. The predicted octanol–water partition coefficient (Wildman–Crippen LogP) is 3.80. The summed E-state index contributed by atoms with van der Waals surface area (Å²) in [5.74, 6) is 0.158. The van der Waals surface area contributed by atoms with Crippen LogP contribution in [-0.2, 0) is 10.2 Å². The minimum absolute atomic E-state index is 0.189. The summed E-state index contributed by atoms with van der Waals surface area (Å²) in [5, 5.41) is 12.8. The second kappa shape index (κ2) is 6.09. The van der Waals surface area contributed by atoms with Gasteiger partial charge in [0.25, 0.3) is 5.91 Å². The topological polar surface area (TPSA) is 75.4 Å². The Morgan fingerprint density at radius 3 is 2.54 bits per heavy atom. The zero-order chi connectivity index (χ0) is 17.3. The van der Waals surface area contributed by atoms with Crippen LogP contribution in [-0.4, -0.2) is 16.0 Å². The van der Waals surface area contributed by atoms with Crippen LogP contribution >= 0.6 is 0 Å². The summed E-state index contributed by atoms with van der Waals surface area (Å²) in [4.78, 5) is 16.7. The summed E-state index contributed by atoms with van der Waals surface area (Å²) in [6, 6.07) is 14.0. The third-order valence-electron chi connectivity index (χ3n) is 3.66. The fourth-order valence-electron chi connectivity index (χ4n) is 2.32. The van der Waals surface area contributed by atoms with Crippen molar-refractivity contribution in [3.8, 4) is 0 Å². The maximum Gasteiger partial charge on any atom is 0.257 e. The van der Waals surface area contributed by atoms with Crippen molar-refractivity contribution in [2.24, 2.45) is 0 Å². The second-order valence-electron chi connectivity index (χ2n) is 6.75. The number of anilines is 1. The first-order valence-corrected chi connectivity index (χ1v) is 7.79. The number of aromatic nitrogens is 1. The van der Waals surface area contributed by atoms with Crippen molar-refractivity contribution in [1.29, 1.82) is 0 Å². The molecule has 0 radical (unpaired) electrons. The van der Waals surface area contributed by atoms with Gasteiger partial charge in [-0.05, 0) is 23.8 Å². The molecule has 124 valence electrons. The van der Waals surface area contributed by atoms with Gasteiger partial charge in [0.15, 0.2) is 11.7 Å². The third kappa shape index (κ3) is 3.31. The fourth-order valence-corrected chi connectivity index (χ4v) is 2.32. The number of hydrogen-bond acceptors (Lipinski definition) is 4. The Kier molecular flexibility index (Phi) is 4.11. The van der Waals surface area contributed by atoms with Gasteiger partial charge in [-0.25, -0.2) is 4.98 Å². The number of rotatable bonds is 3. The molecule has 1 unspecified atom stereocenters. The number of benzene rings is 2. The quantitative estimate of drug-likeness (QED) is 0.768. The van der Waals surface area contributed by atoms with E-state index in [0.717, 1.165) is 0 Å². The van der Waals surface area contributed by atoms with Crippen LogP contribution in [0.15, 0.2) is 52.9 Å². The molecular formula is C19H20N2O3. The fraction of sp³-hybridized carbons (Fsp3) is 0.263. The van der Waals surface area contributed by atoms with Gasteiger partial charge >= 0.3 is 0 Å². The number of oxazole rings is 1. The number of amides is 1. The predicted molar refractivity (Wildman–Crippen MR) is 92.7 cm³/mol. The summed E-state index contributed by atoms with van der Waals surface area (Å²) < 4.78 is 5.74. The van der Waals surface area contributed by atoms with Gasteiger partial charge in [0.1, 0.15) is 5.52 Å². The minimum atomic E-state index is -1.22. The van der Waals surface area contributed by atoms with Crippen molar-refractivity contribution in [2.45, 2.75) is 32.3 Å². The lowest BCUT2D eigenvalue weighted by molar-refractivity contribution is -0.124. The van der Waals surface area contributed by atoms with E-state index >= 15 is 0 Å². The van der Waals surface area contributed by atoms with Gasteiger partial charge in [-0.2, -0.15) is 0 Å². The maximum atomic E-state index is 12.2. The van der Waals surface area contributed by atoms with Crippen molar-refractivity contribution in [3.63, 3.8) is 0 Å². The second-order valence-corrected chi connectivity index (χ2v) is 6.75. The van der Waals surface area contributed by atoms with Crippen LogP contribution < -0.4 is 5.32 Å². The van der Waals surface area contributed by atoms with Crippen molar-refractivity contribution in [3.05, 3.63) is 60.0 Å². The smallest absolute Gasteiger partial charge is 0.257 e. The van der Waals surface area contributed by atoms with Crippen LogP contribution in [0.3, 0.4) is 0 Å². The molecule has 0 aliphatic carbocycles. The molecule has 2 N–H and O–H groups in total. The minimum Gasteiger partial charge on any atom is -0.440 e. The largest absolute Gasteiger partial charge is 0.440 e. The Balaban J connectivity index is 1.81. The lowest BCUT2D eigenvalue weighted by atomic mass is 9.97. The molecule has 0 saturated heterocycles. The van der Waals surface area contributed by atoms with E-state index < -0.39 is 12.0 Å².